The number of benzene rings is 1. The number of aromatic amines is 1. The van der Waals surface area contributed by atoms with Crippen molar-refractivity contribution in [1.82, 2.24) is 20.8 Å². The van der Waals surface area contributed by atoms with E-state index in [1.54, 1.807) is 27.2 Å². The molecule has 1 unspecified atom stereocenters. The Balaban J connectivity index is 2.04. The van der Waals surface area contributed by atoms with Crippen LogP contribution < -0.4 is 15.4 Å². The highest BCUT2D eigenvalue weighted by Crippen LogP contribution is 2.33. The zero-order chi connectivity index (χ0) is 18.7. The number of H-pyrrole nitrogens is 1. The van der Waals surface area contributed by atoms with E-state index in [1.165, 1.54) is 0 Å². The molecule has 136 valence electrons. The molecule has 1 aliphatic rings. The Morgan fingerprint density at radius 3 is 2.65 bits per heavy atom. The normalized spacial score (nSPS) is 16.7. The van der Waals surface area contributed by atoms with Gasteiger partial charge < -0.3 is 20.1 Å². The van der Waals surface area contributed by atoms with E-state index < -0.39 is 12.0 Å². The summed E-state index contributed by atoms with van der Waals surface area (Å²) in [6, 6.07) is 6.35. The Morgan fingerprint density at radius 2 is 2.00 bits per heavy atom. The van der Waals surface area contributed by atoms with Gasteiger partial charge in [-0.25, -0.2) is 9.59 Å². The topological polar surface area (TPSA) is 105 Å². The fourth-order valence-electron chi connectivity index (χ4n) is 2.91. The van der Waals surface area contributed by atoms with Crippen LogP contribution in [0.5, 0.6) is 5.75 Å². The summed E-state index contributed by atoms with van der Waals surface area (Å²) in [5.74, 6) is 0.248. The fourth-order valence-corrected chi connectivity index (χ4v) is 2.91. The maximum Gasteiger partial charge on any atom is 0.338 e. The molecule has 3 rings (SSSR count). The van der Waals surface area contributed by atoms with Crippen LogP contribution in [0.3, 0.4) is 0 Å². The fraction of sp³-hybridized carbons (Fsp3) is 0.278. The van der Waals surface area contributed by atoms with Crippen LogP contribution in [0.2, 0.25) is 0 Å². The minimum atomic E-state index is -0.668. The van der Waals surface area contributed by atoms with Crippen molar-refractivity contribution in [3.63, 3.8) is 0 Å². The second kappa shape index (κ2) is 7.30. The van der Waals surface area contributed by atoms with E-state index in [4.69, 9.17) is 9.47 Å². The summed E-state index contributed by atoms with van der Waals surface area (Å²) >= 11 is 0. The first-order chi connectivity index (χ1) is 12.5. The number of carbonyl (C=O) groups is 2. The zero-order valence-electron chi connectivity index (χ0n) is 14.8. The first kappa shape index (κ1) is 17.5. The number of hydrogen-bond donors (Lipinski definition) is 3. The molecule has 8 nitrogen and oxygen atoms in total. The quantitative estimate of drug-likeness (QED) is 0.713. The molecule has 0 aliphatic carbocycles. The monoisotopic (exact) mass is 356 g/mol. The molecule has 8 heteroatoms. The number of methoxy groups -OCH3 is 1. The van der Waals surface area contributed by atoms with Crippen molar-refractivity contribution in [2.75, 3.05) is 13.7 Å². The summed E-state index contributed by atoms with van der Waals surface area (Å²) in [6.45, 7) is 3.65. The van der Waals surface area contributed by atoms with Gasteiger partial charge >= 0.3 is 12.0 Å². The molecule has 3 N–H and O–H groups in total. The van der Waals surface area contributed by atoms with Gasteiger partial charge in [0.05, 0.1) is 37.2 Å². The van der Waals surface area contributed by atoms with Crippen molar-refractivity contribution in [3.05, 3.63) is 47.3 Å². The summed E-state index contributed by atoms with van der Waals surface area (Å²) in [6.07, 6.45) is 1.60. The molecule has 1 aromatic heterocycles. The highest BCUT2D eigenvalue weighted by molar-refractivity contribution is 5.95. The number of nitrogens with one attached hydrogen (secondary N) is 3. The van der Waals surface area contributed by atoms with Gasteiger partial charge in [0, 0.05) is 16.8 Å². The number of rotatable bonds is 5. The van der Waals surface area contributed by atoms with Gasteiger partial charge in [-0.05, 0) is 38.1 Å². The molecule has 0 bridgehead atoms. The lowest BCUT2D eigenvalue weighted by Crippen LogP contribution is -2.45. The molecule has 2 aromatic rings. The van der Waals surface area contributed by atoms with Crippen LogP contribution in [-0.4, -0.2) is 35.9 Å². The first-order valence-electron chi connectivity index (χ1n) is 8.18. The van der Waals surface area contributed by atoms with Crippen LogP contribution >= 0.6 is 0 Å². The molecular formula is C18H20N4O4. The Bertz CT molecular complexity index is 854. The zero-order valence-corrected chi connectivity index (χ0v) is 14.8. The lowest BCUT2D eigenvalue weighted by molar-refractivity contribution is -0.139. The molecule has 1 aromatic carbocycles. The number of amides is 2. The van der Waals surface area contributed by atoms with Crippen LogP contribution in [0.4, 0.5) is 4.79 Å². The Morgan fingerprint density at radius 1 is 1.27 bits per heavy atom. The van der Waals surface area contributed by atoms with Crippen molar-refractivity contribution in [2.45, 2.75) is 19.9 Å². The number of carbonyl (C=O) groups excluding carboxylic acids is 2. The summed E-state index contributed by atoms with van der Waals surface area (Å²) in [5, 5.41) is 12.4. The van der Waals surface area contributed by atoms with Gasteiger partial charge in [0.1, 0.15) is 5.75 Å². The Labute approximate surface area is 150 Å². The molecular weight excluding hydrogens is 336 g/mol. The van der Waals surface area contributed by atoms with Crippen molar-refractivity contribution in [2.24, 2.45) is 0 Å². The molecule has 2 heterocycles. The lowest BCUT2D eigenvalue weighted by atomic mass is 9.94. The Kier molecular flexibility index (Phi) is 4.92. The maximum atomic E-state index is 12.4. The molecule has 1 atom stereocenters. The van der Waals surface area contributed by atoms with Gasteiger partial charge in [-0.1, -0.05) is 0 Å². The molecule has 2 amide bonds. The second-order valence-corrected chi connectivity index (χ2v) is 5.72. The number of hydrogen-bond acceptors (Lipinski definition) is 5. The molecule has 1 aliphatic heterocycles. The largest absolute Gasteiger partial charge is 0.497 e. The number of aromatic nitrogens is 2. The number of allylic oxidation sites excluding steroid dienone is 1. The third-order valence-electron chi connectivity index (χ3n) is 4.12. The van der Waals surface area contributed by atoms with E-state index in [0.717, 1.165) is 11.3 Å². The predicted octanol–water partition coefficient (Wildman–Crippen LogP) is 2.28. The smallest absolute Gasteiger partial charge is 0.338 e. The molecule has 26 heavy (non-hydrogen) atoms. The second-order valence-electron chi connectivity index (χ2n) is 5.72. The average molecular weight is 356 g/mol. The summed E-state index contributed by atoms with van der Waals surface area (Å²) in [5.41, 5.74) is 3.04. The third-order valence-corrected chi connectivity index (χ3v) is 4.12. The molecule has 0 radical (unpaired) electrons. The van der Waals surface area contributed by atoms with Crippen LogP contribution in [-0.2, 0) is 9.53 Å². The van der Waals surface area contributed by atoms with Crippen molar-refractivity contribution in [1.29, 1.82) is 0 Å². The predicted molar refractivity (Wildman–Crippen MR) is 94.3 cm³/mol. The van der Waals surface area contributed by atoms with E-state index >= 15 is 0 Å². The molecule has 0 spiro atoms. The summed E-state index contributed by atoms with van der Waals surface area (Å²) in [4.78, 5) is 24.4. The highest BCUT2D eigenvalue weighted by atomic mass is 16.5. The van der Waals surface area contributed by atoms with Gasteiger partial charge in [0.15, 0.2) is 0 Å². The van der Waals surface area contributed by atoms with E-state index in [2.05, 4.69) is 20.8 Å². The number of nitrogens with zero attached hydrogens (tertiary/aromatic N) is 1. The van der Waals surface area contributed by atoms with Gasteiger partial charge in [-0.3, -0.25) is 5.10 Å². The van der Waals surface area contributed by atoms with E-state index in [0.29, 0.717) is 22.5 Å². The van der Waals surface area contributed by atoms with Crippen molar-refractivity contribution in [3.8, 4) is 17.0 Å². The van der Waals surface area contributed by atoms with Gasteiger partial charge in [-0.2, -0.15) is 5.10 Å². The third kappa shape index (κ3) is 3.26. The van der Waals surface area contributed by atoms with Crippen LogP contribution in [0.15, 0.2) is 41.7 Å². The summed E-state index contributed by atoms with van der Waals surface area (Å²) < 4.78 is 10.3. The van der Waals surface area contributed by atoms with E-state index in [1.807, 2.05) is 24.3 Å². The number of esters is 1. The van der Waals surface area contributed by atoms with Crippen LogP contribution in [0.25, 0.3) is 11.3 Å². The summed E-state index contributed by atoms with van der Waals surface area (Å²) in [7, 11) is 1.60. The standard InChI is InChI=1S/C18H20N4O4/c1-4-26-17(23)14-10(2)20-18(24)21-16(14)13-9-19-22-15(13)11-5-7-12(25-3)8-6-11/h5-9,16H,4H2,1-3H3,(H,19,22)(H2,20,21,24). The average Bonchev–Trinajstić information content (AvgIpc) is 3.10. The van der Waals surface area contributed by atoms with Gasteiger partial charge in [-0.15, -0.1) is 0 Å². The van der Waals surface area contributed by atoms with Crippen LogP contribution in [0, 0.1) is 0 Å². The van der Waals surface area contributed by atoms with Gasteiger partial charge in [0.2, 0.25) is 0 Å². The molecule has 0 saturated heterocycles. The highest BCUT2D eigenvalue weighted by Gasteiger charge is 2.34. The lowest BCUT2D eigenvalue weighted by Gasteiger charge is -2.27. The van der Waals surface area contributed by atoms with E-state index in [9.17, 15) is 9.59 Å². The minimum absolute atomic E-state index is 0.243. The molecule has 0 saturated carbocycles. The van der Waals surface area contributed by atoms with Crippen molar-refractivity contribution < 1.29 is 19.1 Å². The number of ether oxygens (including phenoxy) is 2. The van der Waals surface area contributed by atoms with Crippen LogP contribution in [0.1, 0.15) is 25.5 Å². The Hall–Kier alpha value is -3.29. The maximum absolute atomic E-state index is 12.4. The number of urea groups is 1. The first-order valence-corrected chi connectivity index (χ1v) is 8.18. The SMILES string of the molecule is CCOC(=O)C1=C(C)NC(=O)NC1c1cn[nH]c1-c1ccc(OC)cc1. The minimum Gasteiger partial charge on any atom is -0.497 e. The molecule has 0 fully saturated rings. The van der Waals surface area contributed by atoms with E-state index in [-0.39, 0.29) is 12.6 Å². The van der Waals surface area contributed by atoms with Gasteiger partial charge in [0.25, 0.3) is 0 Å². The van der Waals surface area contributed by atoms with Crippen molar-refractivity contribution >= 4 is 12.0 Å².